The molecule has 11 heteroatoms. The molecule has 0 saturated heterocycles. The lowest BCUT2D eigenvalue weighted by Gasteiger charge is -2.15. The fourth-order valence-electron chi connectivity index (χ4n) is 4.01. The summed E-state index contributed by atoms with van der Waals surface area (Å²) in [4.78, 5) is 26.8. The number of nitriles is 1. The van der Waals surface area contributed by atoms with E-state index < -0.39 is 5.56 Å². The van der Waals surface area contributed by atoms with Crippen LogP contribution in [0.2, 0.25) is 5.02 Å². The Hall–Kier alpha value is -5.27. The van der Waals surface area contributed by atoms with E-state index in [0.29, 0.717) is 33.4 Å². The highest BCUT2D eigenvalue weighted by Crippen LogP contribution is 2.27. The van der Waals surface area contributed by atoms with Crippen LogP contribution in [0.5, 0.6) is 23.1 Å². The summed E-state index contributed by atoms with van der Waals surface area (Å²) in [7, 11) is 1.59. The number of halogens is 2. The van der Waals surface area contributed by atoms with Gasteiger partial charge in [0.15, 0.2) is 5.82 Å². The van der Waals surface area contributed by atoms with Crippen LogP contribution in [-0.2, 0) is 13.2 Å². The molecule has 0 unspecified atom stereocenters. The number of nitrogens with zero attached hydrogens (tertiary/aromatic N) is 5. The summed E-state index contributed by atoms with van der Waals surface area (Å²) in [6.45, 7) is 1.84. The summed E-state index contributed by atoms with van der Waals surface area (Å²) >= 11 is 6.10. The Morgan fingerprint density at radius 1 is 1.02 bits per heavy atom. The highest BCUT2D eigenvalue weighted by molar-refractivity contribution is 6.30. The van der Waals surface area contributed by atoms with Crippen molar-refractivity contribution in [3.8, 4) is 40.6 Å². The molecule has 9 nitrogen and oxygen atoms in total. The van der Waals surface area contributed by atoms with Gasteiger partial charge in [-0.1, -0.05) is 23.7 Å². The third kappa shape index (κ3) is 6.54. The molecule has 0 atom stereocenters. The molecule has 0 spiro atoms. The molecule has 0 bridgehead atoms. The number of methoxy groups -OCH3 is 1. The van der Waals surface area contributed by atoms with Crippen molar-refractivity contribution in [2.24, 2.45) is 0 Å². The van der Waals surface area contributed by atoms with Gasteiger partial charge in [-0.15, -0.1) is 0 Å². The maximum atomic E-state index is 13.5. The third-order valence-corrected chi connectivity index (χ3v) is 6.42. The Labute approximate surface area is 245 Å². The Morgan fingerprint density at radius 2 is 1.79 bits per heavy atom. The van der Waals surface area contributed by atoms with Gasteiger partial charge in [0.05, 0.1) is 42.9 Å². The number of benzene rings is 3. The average Bonchev–Trinajstić information content (AvgIpc) is 3.00. The van der Waals surface area contributed by atoms with Crippen molar-refractivity contribution in [2.45, 2.75) is 20.1 Å². The van der Waals surface area contributed by atoms with Crippen molar-refractivity contribution < 1.29 is 18.6 Å². The van der Waals surface area contributed by atoms with Crippen LogP contribution in [0.15, 0.2) is 84.0 Å². The minimum atomic E-state index is -0.468. The second kappa shape index (κ2) is 12.5. The predicted octanol–water partition coefficient (Wildman–Crippen LogP) is 6.10. The van der Waals surface area contributed by atoms with E-state index in [1.54, 1.807) is 32.4 Å². The number of aromatic nitrogens is 4. The highest BCUT2D eigenvalue weighted by atomic mass is 35.5. The second-order valence-corrected chi connectivity index (χ2v) is 9.59. The fraction of sp³-hybridized carbons (Fsp3) is 0.129. The first kappa shape index (κ1) is 28.3. The van der Waals surface area contributed by atoms with Gasteiger partial charge in [-0.2, -0.15) is 10.2 Å². The molecule has 0 saturated carbocycles. The molecule has 3 aromatic carbocycles. The van der Waals surface area contributed by atoms with E-state index in [0.717, 1.165) is 5.56 Å². The fourth-order valence-corrected chi connectivity index (χ4v) is 4.23. The molecule has 42 heavy (non-hydrogen) atoms. The topological polar surface area (TPSA) is 112 Å². The minimum absolute atomic E-state index is 0.0170. The largest absolute Gasteiger partial charge is 0.497 e. The van der Waals surface area contributed by atoms with E-state index in [9.17, 15) is 14.4 Å². The van der Waals surface area contributed by atoms with Crippen molar-refractivity contribution in [1.29, 1.82) is 5.26 Å². The molecule has 0 amide bonds. The van der Waals surface area contributed by atoms with Crippen molar-refractivity contribution in [3.63, 3.8) is 0 Å². The van der Waals surface area contributed by atoms with Crippen LogP contribution in [0.3, 0.4) is 0 Å². The SMILES string of the molecule is COc1ccc(COc2nc(-c3ccc(F)cc3)ncc2Cn2cnc(C)c(Oc3cc(Cl)cc(C#N)c3)c2=O)cc1. The van der Waals surface area contributed by atoms with Gasteiger partial charge in [-0.05, 0) is 67.1 Å². The molecule has 0 N–H and O–H groups in total. The standard InChI is InChI=1S/C31H23ClFN5O4/c1-19-28(42-27-12-21(14-34)11-24(32)13-27)31(39)38(18-36-19)16-23-15-35-29(22-5-7-25(33)8-6-22)37-30(23)41-17-20-3-9-26(40-2)10-4-20/h3-13,15,18H,16-17H2,1-2H3. The zero-order valence-corrected chi connectivity index (χ0v) is 23.3. The summed E-state index contributed by atoms with van der Waals surface area (Å²) < 4.78 is 32.0. The number of hydrogen-bond acceptors (Lipinski definition) is 8. The molecule has 0 aliphatic carbocycles. The maximum absolute atomic E-state index is 13.5. The monoisotopic (exact) mass is 583 g/mol. The van der Waals surface area contributed by atoms with Crippen LogP contribution in [-0.4, -0.2) is 26.6 Å². The molecular weight excluding hydrogens is 561 g/mol. The number of hydrogen-bond donors (Lipinski definition) is 0. The summed E-state index contributed by atoms with van der Waals surface area (Å²) in [6.07, 6.45) is 2.95. The normalized spacial score (nSPS) is 10.6. The van der Waals surface area contributed by atoms with Gasteiger partial charge in [0.25, 0.3) is 5.56 Å². The molecule has 0 radical (unpaired) electrons. The van der Waals surface area contributed by atoms with E-state index in [1.807, 2.05) is 30.3 Å². The van der Waals surface area contributed by atoms with Crippen LogP contribution >= 0.6 is 11.6 Å². The minimum Gasteiger partial charge on any atom is -0.497 e. The Balaban J connectivity index is 1.48. The first-order chi connectivity index (χ1) is 20.3. The maximum Gasteiger partial charge on any atom is 0.296 e. The molecule has 210 valence electrons. The molecule has 0 fully saturated rings. The number of aryl methyl sites for hydroxylation is 1. The van der Waals surface area contributed by atoms with Crippen molar-refractivity contribution >= 4 is 11.6 Å². The van der Waals surface area contributed by atoms with Gasteiger partial charge >= 0.3 is 0 Å². The molecule has 0 aliphatic heterocycles. The number of rotatable bonds is 9. The number of ether oxygens (including phenoxy) is 3. The van der Waals surface area contributed by atoms with Gasteiger partial charge in [0.1, 0.15) is 23.9 Å². The smallest absolute Gasteiger partial charge is 0.296 e. The molecule has 5 aromatic rings. The van der Waals surface area contributed by atoms with Crippen molar-refractivity contribution in [3.05, 3.63) is 123 Å². The van der Waals surface area contributed by atoms with E-state index in [2.05, 4.69) is 15.0 Å². The molecular formula is C31H23ClFN5O4. The van der Waals surface area contributed by atoms with E-state index >= 15 is 0 Å². The molecule has 5 rings (SSSR count). The zero-order chi connectivity index (χ0) is 29.6. The van der Waals surface area contributed by atoms with Gasteiger partial charge in [-0.3, -0.25) is 9.36 Å². The van der Waals surface area contributed by atoms with E-state index in [-0.39, 0.29) is 41.9 Å². The van der Waals surface area contributed by atoms with Crippen molar-refractivity contribution in [2.75, 3.05) is 7.11 Å². The Bertz CT molecular complexity index is 1840. The lowest BCUT2D eigenvalue weighted by Crippen LogP contribution is -2.24. The van der Waals surface area contributed by atoms with Gasteiger partial charge < -0.3 is 14.2 Å². The van der Waals surface area contributed by atoms with Crippen molar-refractivity contribution in [1.82, 2.24) is 19.5 Å². The Morgan fingerprint density at radius 3 is 2.50 bits per heavy atom. The second-order valence-electron chi connectivity index (χ2n) is 9.15. The van der Waals surface area contributed by atoms with Crippen LogP contribution in [0, 0.1) is 24.1 Å². The first-order valence-electron chi connectivity index (χ1n) is 12.6. The van der Waals surface area contributed by atoms with Crippen LogP contribution < -0.4 is 19.8 Å². The summed E-state index contributed by atoms with van der Waals surface area (Å²) in [5, 5.41) is 9.55. The quantitative estimate of drug-likeness (QED) is 0.204. The molecule has 2 heterocycles. The van der Waals surface area contributed by atoms with Gasteiger partial charge in [0, 0.05) is 16.8 Å². The lowest BCUT2D eigenvalue weighted by atomic mass is 10.2. The third-order valence-electron chi connectivity index (χ3n) is 6.20. The summed E-state index contributed by atoms with van der Waals surface area (Å²) in [5.74, 6) is 1.12. The average molecular weight is 584 g/mol. The molecule has 2 aromatic heterocycles. The van der Waals surface area contributed by atoms with Crippen LogP contribution in [0.1, 0.15) is 22.4 Å². The molecule has 0 aliphatic rings. The predicted molar refractivity (Wildman–Crippen MR) is 153 cm³/mol. The first-order valence-corrected chi connectivity index (χ1v) is 13.0. The Kier molecular flexibility index (Phi) is 8.41. The highest BCUT2D eigenvalue weighted by Gasteiger charge is 2.17. The van der Waals surface area contributed by atoms with E-state index in [4.69, 9.17) is 25.8 Å². The van der Waals surface area contributed by atoms with Crippen LogP contribution in [0.4, 0.5) is 4.39 Å². The van der Waals surface area contributed by atoms with Gasteiger partial charge in [-0.25, -0.2) is 14.4 Å². The van der Waals surface area contributed by atoms with E-state index in [1.165, 1.54) is 41.2 Å². The zero-order valence-electron chi connectivity index (χ0n) is 22.5. The summed E-state index contributed by atoms with van der Waals surface area (Å²) in [5.41, 5.74) is 2.14. The van der Waals surface area contributed by atoms with Crippen LogP contribution in [0.25, 0.3) is 11.4 Å². The van der Waals surface area contributed by atoms with Gasteiger partial charge in [0.2, 0.25) is 11.6 Å². The summed E-state index contributed by atoms with van der Waals surface area (Å²) in [6, 6.07) is 19.7. The lowest BCUT2D eigenvalue weighted by molar-refractivity contribution is 0.289.